The van der Waals surface area contributed by atoms with Gasteiger partial charge >= 0.3 is 12.2 Å². The standard InChI is InChI=1S/C22H24F3N5O3/c23-22(24,25)14-1-3-15(4-2-14)33-16-9-29(10-16)19(31)30-11-20(12-30)7-13(8-20)17-26-18(28-27-17)21(32)5-6-21/h1-4,13,16,32H,5-12H2,(H,26,27,28). The zero-order valence-electron chi connectivity index (χ0n) is 17.8. The van der Waals surface area contributed by atoms with Gasteiger partial charge in [-0.05, 0) is 49.9 Å². The Morgan fingerprint density at radius 3 is 2.36 bits per heavy atom. The third-order valence-corrected chi connectivity index (χ3v) is 7.34. The lowest BCUT2D eigenvalue weighted by atomic mass is 9.57. The van der Waals surface area contributed by atoms with E-state index in [1.807, 2.05) is 4.90 Å². The van der Waals surface area contributed by atoms with E-state index in [1.54, 1.807) is 4.90 Å². The normalized spacial score (nSPS) is 23.6. The molecule has 2 saturated carbocycles. The number of hydrogen-bond acceptors (Lipinski definition) is 5. The van der Waals surface area contributed by atoms with Crippen LogP contribution in [0.4, 0.5) is 18.0 Å². The number of carbonyl (C=O) groups is 1. The van der Waals surface area contributed by atoms with Gasteiger partial charge in [-0.3, -0.25) is 0 Å². The molecule has 8 nitrogen and oxygen atoms in total. The van der Waals surface area contributed by atoms with Crippen LogP contribution in [0, 0.1) is 5.41 Å². The fourth-order valence-electron chi connectivity index (χ4n) is 5.14. The number of nitrogens with zero attached hydrogens (tertiary/aromatic N) is 4. The lowest BCUT2D eigenvalue weighted by Gasteiger charge is -2.59. The Kier molecular flexibility index (Phi) is 4.31. The Hall–Kier alpha value is -2.82. The number of likely N-dealkylation sites (tertiary alicyclic amines) is 2. The minimum absolute atomic E-state index is 0.0192. The Balaban J connectivity index is 0.941. The van der Waals surface area contributed by atoms with Gasteiger partial charge in [0.25, 0.3) is 0 Å². The SMILES string of the molecule is O=C(N1CC(Oc2ccc(C(F)(F)F)cc2)C1)N1CC2(CC(c3nnc(C4(O)CC4)[nH]3)C2)C1. The van der Waals surface area contributed by atoms with E-state index >= 15 is 0 Å². The average molecular weight is 463 g/mol. The van der Waals surface area contributed by atoms with Gasteiger partial charge in [0.1, 0.15) is 23.3 Å². The fraction of sp³-hybridized carbons (Fsp3) is 0.591. The molecule has 11 heteroatoms. The Morgan fingerprint density at radius 2 is 1.76 bits per heavy atom. The quantitative estimate of drug-likeness (QED) is 0.727. The Morgan fingerprint density at radius 1 is 1.09 bits per heavy atom. The first kappa shape index (κ1) is 20.8. The van der Waals surface area contributed by atoms with Crippen molar-refractivity contribution < 1.29 is 27.8 Å². The van der Waals surface area contributed by atoms with E-state index in [9.17, 15) is 23.1 Å². The number of hydrogen-bond donors (Lipinski definition) is 2. The molecule has 3 heterocycles. The van der Waals surface area contributed by atoms with Crippen molar-refractivity contribution in [2.45, 2.75) is 49.5 Å². The van der Waals surface area contributed by atoms with Crippen LogP contribution in [0.15, 0.2) is 24.3 Å². The number of ether oxygens (including phenoxy) is 1. The number of aliphatic hydroxyl groups is 1. The molecule has 4 aliphatic rings. The first-order valence-electron chi connectivity index (χ1n) is 11.2. The molecule has 4 fully saturated rings. The first-order chi connectivity index (χ1) is 15.6. The number of urea groups is 1. The van der Waals surface area contributed by atoms with Gasteiger partial charge in [0.2, 0.25) is 0 Å². The van der Waals surface area contributed by atoms with Crippen molar-refractivity contribution in [3.8, 4) is 5.75 Å². The van der Waals surface area contributed by atoms with Crippen LogP contribution >= 0.6 is 0 Å². The highest BCUT2D eigenvalue weighted by Crippen LogP contribution is 2.56. The third-order valence-electron chi connectivity index (χ3n) is 7.34. The number of aromatic amines is 1. The average Bonchev–Trinajstić information content (AvgIpc) is 3.23. The number of nitrogens with one attached hydrogen (secondary N) is 1. The summed E-state index contributed by atoms with van der Waals surface area (Å²) in [6, 6.07) is 4.59. The number of carbonyl (C=O) groups excluding carboxylic acids is 1. The molecule has 2 saturated heterocycles. The van der Waals surface area contributed by atoms with Crippen molar-refractivity contribution in [3.05, 3.63) is 41.5 Å². The maximum Gasteiger partial charge on any atom is 0.416 e. The van der Waals surface area contributed by atoms with Crippen LogP contribution in [0.25, 0.3) is 0 Å². The summed E-state index contributed by atoms with van der Waals surface area (Å²) in [4.78, 5) is 19.4. The number of alkyl halides is 3. The predicted molar refractivity (Wildman–Crippen MR) is 108 cm³/mol. The van der Waals surface area contributed by atoms with Gasteiger partial charge in [-0.15, -0.1) is 10.2 Å². The van der Waals surface area contributed by atoms with E-state index in [0.29, 0.717) is 37.8 Å². The Bertz CT molecular complexity index is 1060. The summed E-state index contributed by atoms with van der Waals surface area (Å²) in [6.07, 6.45) is -1.24. The van der Waals surface area contributed by atoms with Crippen molar-refractivity contribution in [1.82, 2.24) is 25.0 Å². The first-order valence-corrected chi connectivity index (χ1v) is 11.2. The molecule has 0 atom stereocenters. The third kappa shape index (κ3) is 3.62. The molecule has 33 heavy (non-hydrogen) atoms. The number of rotatable bonds is 4. The highest BCUT2D eigenvalue weighted by molar-refractivity contribution is 5.76. The zero-order chi connectivity index (χ0) is 23.0. The smallest absolute Gasteiger partial charge is 0.416 e. The summed E-state index contributed by atoms with van der Waals surface area (Å²) in [6.45, 7) is 2.29. The molecule has 0 radical (unpaired) electrons. The summed E-state index contributed by atoms with van der Waals surface area (Å²) in [5, 5.41) is 18.4. The molecule has 2 amide bonds. The monoisotopic (exact) mass is 463 g/mol. The van der Waals surface area contributed by atoms with Crippen LogP contribution in [0.2, 0.25) is 0 Å². The van der Waals surface area contributed by atoms with Gasteiger partial charge in [0.05, 0.1) is 18.7 Å². The second-order valence-electron chi connectivity index (χ2n) is 10.0. The molecule has 6 rings (SSSR count). The van der Waals surface area contributed by atoms with E-state index in [0.717, 1.165) is 43.6 Å². The van der Waals surface area contributed by atoms with Crippen LogP contribution in [0.5, 0.6) is 5.75 Å². The minimum atomic E-state index is -4.37. The van der Waals surface area contributed by atoms with Crippen LogP contribution in [-0.4, -0.2) is 68.4 Å². The highest BCUT2D eigenvalue weighted by atomic mass is 19.4. The molecule has 1 aromatic heterocycles. The van der Waals surface area contributed by atoms with E-state index in [4.69, 9.17) is 4.74 Å². The maximum absolute atomic E-state index is 12.7. The van der Waals surface area contributed by atoms with Crippen molar-refractivity contribution in [2.24, 2.45) is 5.41 Å². The molecule has 0 bridgehead atoms. The number of amides is 2. The predicted octanol–water partition coefficient (Wildman–Crippen LogP) is 2.87. The molecular weight excluding hydrogens is 439 g/mol. The number of H-pyrrole nitrogens is 1. The molecule has 2 aromatic rings. The minimum Gasteiger partial charge on any atom is -0.487 e. The number of halogens is 3. The number of benzene rings is 1. The fourth-order valence-corrected chi connectivity index (χ4v) is 5.14. The van der Waals surface area contributed by atoms with Gasteiger partial charge in [-0.1, -0.05) is 0 Å². The van der Waals surface area contributed by atoms with E-state index in [-0.39, 0.29) is 23.5 Å². The van der Waals surface area contributed by atoms with Gasteiger partial charge in [-0.2, -0.15) is 13.2 Å². The van der Waals surface area contributed by atoms with Crippen molar-refractivity contribution in [2.75, 3.05) is 26.2 Å². The largest absolute Gasteiger partial charge is 0.487 e. The molecule has 176 valence electrons. The summed E-state index contributed by atoms with van der Waals surface area (Å²) in [7, 11) is 0. The molecular formula is C22H24F3N5O3. The highest BCUT2D eigenvalue weighted by Gasteiger charge is 2.56. The summed E-state index contributed by atoms with van der Waals surface area (Å²) >= 11 is 0. The van der Waals surface area contributed by atoms with Crippen molar-refractivity contribution >= 4 is 6.03 Å². The van der Waals surface area contributed by atoms with E-state index in [1.165, 1.54) is 12.1 Å². The van der Waals surface area contributed by atoms with E-state index in [2.05, 4.69) is 15.2 Å². The molecule has 1 spiro atoms. The second kappa shape index (κ2) is 6.85. The molecule has 1 aromatic carbocycles. The molecule has 2 aliphatic heterocycles. The van der Waals surface area contributed by atoms with Gasteiger partial charge < -0.3 is 24.6 Å². The molecule has 2 aliphatic carbocycles. The lowest BCUT2D eigenvalue weighted by Crippen LogP contribution is -2.68. The molecule has 2 N–H and O–H groups in total. The summed E-state index contributed by atoms with van der Waals surface area (Å²) in [5.41, 5.74) is -1.38. The van der Waals surface area contributed by atoms with Gasteiger partial charge in [0.15, 0.2) is 5.82 Å². The van der Waals surface area contributed by atoms with Gasteiger partial charge in [0, 0.05) is 24.4 Å². The van der Waals surface area contributed by atoms with Crippen LogP contribution < -0.4 is 4.74 Å². The maximum atomic E-state index is 12.7. The topological polar surface area (TPSA) is 94.6 Å². The zero-order valence-corrected chi connectivity index (χ0v) is 17.8. The van der Waals surface area contributed by atoms with Crippen LogP contribution in [-0.2, 0) is 11.8 Å². The van der Waals surface area contributed by atoms with Crippen molar-refractivity contribution in [1.29, 1.82) is 0 Å². The van der Waals surface area contributed by atoms with Crippen LogP contribution in [0.1, 0.15) is 48.8 Å². The molecule has 0 unspecified atom stereocenters. The van der Waals surface area contributed by atoms with Gasteiger partial charge in [-0.25, -0.2) is 4.79 Å². The summed E-state index contributed by atoms with van der Waals surface area (Å²) < 4.78 is 43.6. The Labute approximate surface area is 187 Å². The van der Waals surface area contributed by atoms with Crippen molar-refractivity contribution in [3.63, 3.8) is 0 Å². The van der Waals surface area contributed by atoms with E-state index < -0.39 is 17.3 Å². The number of aromatic nitrogens is 3. The lowest BCUT2D eigenvalue weighted by molar-refractivity contribution is -0.137. The second-order valence-corrected chi connectivity index (χ2v) is 10.0. The summed E-state index contributed by atoms with van der Waals surface area (Å²) in [5.74, 6) is 2.05. The van der Waals surface area contributed by atoms with Crippen LogP contribution in [0.3, 0.4) is 0 Å².